The van der Waals surface area contributed by atoms with E-state index < -0.39 is 0 Å². The van der Waals surface area contributed by atoms with Gasteiger partial charge in [0, 0.05) is 5.75 Å². The molecule has 0 radical (unpaired) electrons. The maximum absolute atomic E-state index is 10.1. The highest BCUT2D eigenvalue weighted by Crippen LogP contribution is 2.43. The predicted molar refractivity (Wildman–Crippen MR) is 47.9 cm³/mol. The average Bonchev–Trinajstić information content (AvgIpc) is 2.55. The van der Waals surface area contributed by atoms with Crippen LogP contribution in [0.5, 0.6) is 0 Å². The third-order valence-electron chi connectivity index (χ3n) is 1.15. The summed E-state index contributed by atoms with van der Waals surface area (Å²) < 4.78 is 0.615. The highest BCUT2D eigenvalue weighted by atomic mass is 32.2. The molecule has 0 amide bonds. The molecule has 0 bridgehead atoms. The molecule has 1 unspecified atom stereocenters. The van der Waals surface area contributed by atoms with Gasteiger partial charge in [0.05, 0.1) is 4.24 Å². The van der Waals surface area contributed by atoms with E-state index in [4.69, 9.17) is 10.5 Å². The number of nitriles is 2. The van der Waals surface area contributed by atoms with Gasteiger partial charge in [0.1, 0.15) is 17.7 Å². The molecule has 0 saturated carbocycles. The van der Waals surface area contributed by atoms with Gasteiger partial charge in [-0.25, -0.2) is 0 Å². The fraction of sp³-hybridized carbons (Fsp3) is 0.333. The number of hydrogen-bond acceptors (Lipinski definition) is 6. The Morgan fingerprint density at radius 2 is 2.25 bits per heavy atom. The number of allylic oxidation sites excluding steroid dienone is 1. The van der Waals surface area contributed by atoms with Gasteiger partial charge in [-0.2, -0.15) is 10.5 Å². The minimum Gasteiger partial charge on any atom is -0.192 e. The molecule has 1 saturated heterocycles. The summed E-state index contributed by atoms with van der Waals surface area (Å²) in [4.78, 5) is 10.1. The number of nitroso groups, excluding NO2 is 1. The summed E-state index contributed by atoms with van der Waals surface area (Å²) in [7, 11) is 0. The SMILES string of the molecule is N#CC(C#N)=C1SCC(N=O)S1. The third kappa shape index (κ3) is 1.79. The largest absolute Gasteiger partial charge is 0.192 e. The Morgan fingerprint density at radius 1 is 1.58 bits per heavy atom. The van der Waals surface area contributed by atoms with E-state index in [-0.39, 0.29) is 10.9 Å². The van der Waals surface area contributed by atoms with E-state index in [1.807, 2.05) is 0 Å². The second-order valence-electron chi connectivity index (χ2n) is 1.87. The highest BCUT2D eigenvalue weighted by molar-refractivity contribution is 8.25. The number of nitrogens with zero attached hydrogens (tertiary/aromatic N) is 3. The van der Waals surface area contributed by atoms with E-state index in [0.717, 1.165) is 0 Å². The summed E-state index contributed by atoms with van der Waals surface area (Å²) in [6, 6.07) is 3.54. The van der Waals surface area contributed by atoms with Crippen molar-refractivity contribution >= 4 is 23.5 Å². The molecular weight excluding hydrogens is 194 g/mol. The zero-order chi connectivity index (χ0) is 8.97. The molecule has 0 aromatic carbocycles. The van der Waals surface area contributed by atoms with Crippen molar-refractivity contribution in [1.29, 1.82) is 10.5 Å². The van der Waals surface area contributed by atoms with Crippen LogP contribution < -0.4 is 0 Å². The number of thioether (sulfide) groups is 2. The molecular formula is C6H3N3OS2. The summed E-state index contributed by atoms with van der Waals surface area (Å²) in [6.07, 6.45) is 0. The van der Waals surface area contributed by atoms with E-state index >= 15 is 0 Å². The molecule has 12 heavy (non-hydrogen) atoms. The third-order valence-corrected chi connectivity index (χ3v) is 3.89. The van der Waals surface area contributed by atoms with Crippen molar-refractivity contribution < 1.29 is 0 Å². The second kappa shape index (κ2) is 4.15. The molecule has 6 heteroatoms. The van der Waals surface area contributed by atoms with E-state index in [0.29, 0.717) is 9.99 Å². The number of hydrogen-bond donors (Lipinski definition) is 0. The average molecular weight is 197 g/mol. The first-order valence-corrected chi connectivity index (χ1v) is 4.84. The van der Waals surface area contributed by atoms with Crippen molar-refractivity contribution in [2.45, 2.75) is 5.37 Å². The van der Waals surface area contributed by atoms with Gasteiger partial charge in [-0.15, -0.1) is 16.7 Å². The van der Waals surface area contributed by atoms with Crippen molar-refractivity contribution in [2.75, 3.05) is 5.75 Å². The van der Waals surface area contributed by atoms with Crippen LogP contribution in [0.4, 0.5) is 0 Å². The summed E-state index contributed by atoms with van der Waals surface area (Å²) in [5, 5.41) is 19.4. The lowest BCUT2D eigenvalue weighted by atomic mass is 10.4. The van der Waals surface area contributed by atoms with E-state index in [1.165, 1.54) is 23.5 Å². The molecule has 1 rings (SSSR count). The van der Waals surface area contributed by atoms with Gasteiger partial charge in [0.15, 0.2) is 5.37 Å². The van der Waals surface area contributed by atoms with Gasteiger partial charge >= 0.3 is 0 Å². The van der Waals surface area contributed by atoms with Gasteiger partial charge in [-0.3, -0.25) is 0 Å². The second-order valence-corrected chi connectivity index (χ2v) is 4.35. The first-order valence-electron chi connectivity index (χ1n) is 2.98. The van der Waals surface area contributed by atoms with Crippen molar-refractivity contribution in [1.82, 2.24) is 0 Å². The summed E-state index contributed by atoms with van der Waals surface area (Å²) >= 11 is 2.52. The van der Waals surface area contributed by atoms with Crippen LogP contribution in [0.15, 0.2) is 15.0 Å². The molecule has 1 aliphatic heterocycles. The molecule has 4 nitrogen and oxygen atoms in total. The molecule has 1 aliphatic rings. The molecule has 1 fully saturated rings. The quantitative estimate of drug-likeness (QED) is 0.473. The Morgan fingerprint density at radius 3 is 2.67 bits per heavy atom. The minimum atomic E-state index is -0.346. The number of rotatable bonds is 1. The zero-order valence-electron chi connectivity index (χ0n) is 5.85. The van der Waals surface area contributed by atoms with Crippen LogP contribution in [-0.2, 0) is 0 Å². The van der Waals surface area contributed by atoms with Gasteiger partial charge < -0.3 is 0 Å². The lowest BCUT2D eigenvalue weighted by Gasteiger charge is -1.91. The van der Waals surface area contributed by atoms with Crippen molar-refractivity contribution in [3.8, 4) is 12.1 Å². The summed E-state index contributed by atoms with van der Waals surface area (Å²) in [5.41, 5.74) is 0.0798. The molecule has 1 heterocycles. The Kier molecular flexibility index (Phi) is 3.15. The van der Waals surface area contributed by atoms with Crippen molar-refractivity contribution in [3.05, 3.63) is 14.7 Å². The van der Waals surface area contributed by atoms with Crippen LogP contribution in [0.1, 0.15) is 0 Å². The Bertz CT molecular complexity index is 296. The minimum absolute atomic E-state index is 0.0798. The maximum Gasteiger partial charge on any atom is 0.151 e. The monoisotopic (exact) mass is 197 g/mol. The van der Waals surface area contributed by atoms with Crippen LogP contribution in [0, 0.1) is 27.6 Å². The van der Waals surface area contributed by atoms with Crippen molar-refractivity contribution in [2.24, 2.45) is 5.18 Å². The van der Waals surface area contributed by atoms with Crippen LogP contribution in [0.3, 0.4) is 0 Å². The molecule has 0 aliphatic carbocycles. The predicted octanol–water partition coefficient (Wildman–Crippen LogP) is 1.82. The lowest BCUT2D eigenvalue weighted by Crippen LogP contribution is -1.91. The smallest absolute Gasteiger partial charge is 0.151 e. The lowest BCUT2D eigenvalue weighted by molar-refractivity contribution is 1.06. The van der Waals surface area contributed by atoms with Crippen LogP contribution in [0.2, 0.25) is 0 Å². The van der Waals surface area contributed by atoms with Crippen LogP contribution in [-0.4, -0.2) is 11.1 Å². The molecule has 0 N–H and O–H groups in total. The van der Waals surface area contributed by atoms with E-state index in [9.17, 15) is 4.91 Å². The first kappa shape index (κ1) is 9.11. The maximum atomic E-state index is 10.1. The molecule has 0 aromatic rings. The first-order chi connectivity index (χ1) is 5.81. The Hall–Kier alpha value is -0.980. The standard InChI is InChI=1S/C6H3N3OS2/c7-1-4(2-8)6-11-3-5(9-10)12-6/h5H,3H2. The van der Waals surface area contributed by atoms with Crippen LogP contribution >= 0.6 is 23.5 Å². The Labute approximate surface area is 77.6 Å². The van der Waals surface area contributed by atoms with Crippen molar-refractivity contribution in [3.63, 3.8) is 0 Å². The molecule has 1 atom stereocenters. The van der Waals surface area contributed by atoms with Gasteiger partial charge in [-0.05, 0) is 0 Å². The van der Waals surface area contributed by atoms with E-state index in [1.54, 1.807) is 12.1 Å². The fourth-order valence-corrected chi connectivity index (χ4v) is 3.01. The van der Waals surface area contributed by atoms with Crippen LogP contribution in [0.25, 0.3) is 0 Å². The topological polar surface area (TPSA) is 77.0 Å². The Balaban J connectivity index is 2.82. The fourth-order valence-electron chi connectivity index (χ4n) is 0.638. The summed E-state index contributed by atoms with van der Waals surface area (Å²) in [6.45, 7) is 0. The molecule has 60 valence electrons. The molecule has 0 spiro atoms. The highest BCUT2D eigenvalue weighted by Gasteiger charge is 2.24. The van der Waals surface area contributed by atoms with Gasteiger partial charge in [0.25, 0.3) is 0 Å². The normalized spacial score (nSPS) is 21.2. The van der Waals surface area contributed by atoms with Gasteiger partial charge in [-0.1, -0.05) is 16.9 Å². The zero-order valence-corrected chi connectivity index (χ0v) is 7.48. The summed E-state index contributed by atoms with van der Waals surface area (Å²) in [5.74, 6) is 0.552. The van der Waals surface area contributed by atoms with Gasteiger partial charge in [0.2, 0.25) is 0 Å². The molecule has 0 aromatic heterocycles. The van der Waals surface area contributed by atoms with E-state index in [2.05, 4.69) is 5.18 Å².